The zero-order chi connectivity index (χ0) is 13.9. The van der Waals surface area contributed by atoms with Gasteiger partial charge in [0.2, 0.25) is 0 Å². The fourth-order valence-electron chi connectivity index (χ4n) is 2.07. The Balaban J connectivity index is 1.68. The van der Waals surface area contributed by atoms with Crippen LogP contribution in [0.2, 0.25) is 0 Å². The minimum Gasteiger partial charge on any atom is -0.369 e. The Bertz CT molecular complexity index is 700. The van der Waals surface area contributed by atoms with Crippen LogP contribution >= 0.6 is 0 Å². The third-order valence-corrected chi connectivity index (χ3v) is 3.03. The van der Waals surface area contributed by atoms with E-state index in [9.17, 15) is 0 Å². The molecule has 0 spiro atoms. The first-order chi connectivity index (χ1) is 9.74. The quantitative estimate of drug-likeness (QED) is 0.690. The van der Waals surface area contributed by atoms with E-state index < -0.39 is 0 Å². The summed E-state index contributed by atoms with van der Waals surface area (Å²) in [6, 6.07) is 0. The summed E-state index contributed by atoms with van der Waals surface area (Å²) in [6.07, 6.45) is 6.26. The van der Waals surface area contributed by atoms with Crippen LogP contribution in [0.25, 0.3) is 11.0 Å². The number of aromatic nitrogens is 7. The summed E-state index contributed by atoms with van der Waals surface area (Å²) in [7, 11) is 1.88. The number of nitrogens with one attached hydrogen (secondary N) is 1. The molecule has 8 heteroatoms. The molecule has 0 aromatic carbocycles. The molecule has 3 rings (SSSR count). The molecule has 3 aromatic rings. The number of fused-ring (bicyclic) bond motifs is 1. The standard InChI is InChI=1S/C12H16N8/c1-9-16-11(10-8-15-19(2)12(10)17-9)13-4-3-6-20-7-5-14-18-20/h5,7-8H,3-4,6H2,1-2H3,(H,13,16,17). The third-order valence-electron chi connectivity index (χ3n) is 3.03. The molecule has 0 saturated carbocycles. The molecule has 0 aliphatic rings. The van der Waals surface area contributed by atoms with Gasteiger partial charge in [-0.1, -0.05) is 5.21 Å². The topological polar surface area (TPSA) is 86.3 Å². The van der Waals surface area contributed by atoms with Gasteiger partial charge >= 0.3 is 0 Å². The molecule has 1 N–H and O–H groups in total. The molecular formula is C12H16N8. The molecule has 0 aliphatic heterocycles. The van der Waals surface area contributed by atoms with Crippen LogP contribution in [0.15, 0.2) is 18.6 Å². The van der Waals surface area contributed by atoms with Crippen LogP contribution in [0.5, 0.6) is 0 Å². The molecule has 104 valence electrons. The summed E-state index contributed by atoms with van der Waals surface area (Å²) in [5.74, 6) is 1.57. The van der Waals surface area contributed by atoms with Crippen LogP contribution in [0, 0.1) is 6.92 Å². The Morgan fingerprint density at radius 1 is 1.30 bits per heavy atom. The Labute approximate surface area is 115 Å². The van der Waals surface area contributed by atoms with Crippen LogP contribution in [-0.4, -0.2) is 41.3 Å². The lowest BCUT2D eigenvalue weighted by Crippen LogP contribution is -2.09. The Morgan fingerprint density at radius 3 is 3.00 bits per heavy atom. The Kier molecular flexibility index (Phi) is 3.28. The summed E-state index contributed by atoms with van der Waals surface area (Å²) in [5.41, 5.74) is 0.844. The van der Waals surface area contributed by atoms with E-state index in [1.54, 1.807) is 17.1 Å². The van der Waals surface area contributed by atoms with Gasteiger partial charge in [0.15, 0.2) is 5.65 Å². The highest BCUT2D eigenvalue weighted by molar-refractivity contribution is 5.86. The summed E-state index contributed by atoms with van der Waals surface area (Å²) in [5, 5.41) is 16.2. The normalized spacial score (nSPS) is 11.1. The van der Waals surface area contributed by atoms with Crippen molar-refractivity contribution in [2.24, 2.45) is 7.05 Å². The van der Waals surface area contributed by atoms with Gasteiger partial charge in [-0.25, -0.2) is 9.97 Å². The van der Waals surface area contributed by atoms with E-state index >= 15 is 0 Å². The molecule has 0 saturated heterocycles. The fraction of sp³-hybridized carbons (Fsp3) is 0.417. The van der Waals surface area contributed by atoms with E-state index in [0.717, 1.165) is 42.2 Å². The highest BCUT2D eigenvalue weighted by Gasteiger charge is 2.09. The van der Waals surface area contributed by atoms with Gasteiger partial charge in [0.25, 0.3) is 0 Å². The van der Waals surface area contributed by atoms with Gasteiger partial charge in [0.05, 0.1) is 17.8 Å². The second kappa shape index (κ2) is 5.24. The highest BCUT2D eigenvalue weighted by atomic mass is 15.4. The summed E-state index contributed by atoms with van der Waals surface area (Å²) in [6.45, 7) is 3.51. The van der Waals surface area contributed by atoms with Crippen molar-refractivity contribution in [2.75, 3.05) is 11.9 Å². The third kappa shape index (κ3) is 2.44. The van der Waals surface area contributed by atoms with Crippen molar-refractivity contribution in [3.8, 4) is 0 Å². The molecule has 3 heterocycles. The Hall–Kier alpha value is -2.51. The highest BCUT2D eigenvalue weighted by Crippen LogP contribution is 2.19. The van der Waals surface area contributed by atoms with E-state index in [-0.39, 0.29) is 0 Å². The lowest BCUT2D eigenvalue weighted by molar-refractivity contribution is 0.569. The lowest BCUT2D eigenvalue weighted by Gasteiger charge is -2.07. The lowest BCUT2D eigenvalue weighted by atomic mass is 10.3. The summed E-state index contributed by atoms with van der Waals surface area (Å²) < 4.78 is 3.57. The molecule has 3 aromatic heterocycles. The van der Waals surface area contributed by atoms with Gasteiger partial charge < -0.3 is 5.32 Å². The van der Waals surface area contributed by atoms with Gasteiger partial charge in [0.1, 0.15) is 11.6 Å². The predicted molar refractivity (Wildman–Crippen MR) is 74.2 cm³/mol. The Morgan fingerprint density at radius 2 is 2.20 bits per heavy atom. The van der Waals surface area contributed by atoms with E-state index in [2.05, 4.69) is 30.7 Å². The first kappa shape index (κ1) is 12.5. The van der Waals surface area contributed by atoms with Crippen molar-refractivity contribution >= 4 is 16.9 Å². The van der Waals surface area contributed by atoms with Crippen molar-refractivity contribution in [1.29, 1.82) is 0 Å². The molecule has 8 nitrogen and oxygen atoms in total. The van der Waals surface area contributed by atoms with Crippen molar-refractivity contribution in [3.63, 3.8) is 0 Å². The van der Waals surface area contributed by atoms with Crippen molar-refractivity contribution in [3.05, 3.63) is 24.4 Å². The van der Waals surface area contributed by atoms with Gasteiger partial charge in [-0.15, -0.1) is 5.10 Å². The first-order valence-corrected chi connectivity index (χ1v) is 6.48. The monoisotopic (exact) mass is 272 g/mol. The van der Waals surface area contributed by atoms with Crippen molar-refractivity contribution < 1.29 is 0 Å². The first-order valence-electron chi connectivity index (χ1n) is 6.48. The zero-order valence-corrected chi connectivity index (χ0v) is 11.5. The van der Waals surface area contributed by atoms with Crippen molar-refractivity contribution in [2.45, 2.75) is 19.9 Å². The van der Waals surface area contributed by atoms with Crippen LogP contribution in [0.1, 0.15) is 12.2 Å². The SMILES string of the molecule is Cc1nc(NCCCn2ccnn2)c2cnn(C)c2n1. The van der Waals surface area contributed by atoms with Gasteiger partial charge in [-0.3, -0.25) is 9.36 Å². The zero-order valence-electron chi connectivity index (χ0n) is 11.5. The number of aryl methyl sites for hydroxylation is 3. The smallest absolute Gasteiger partial charge is 0.163 e. The minimum absolute atomic E-state index is 0.736. The van der Waals surface area contributed by atoms with Crippen molar-refractivity contribution in [1.82, 2.24) is 34.7 Å². The summed E-state index contributed by atoms with van der Waals surface area (Å²) >= 11 is 0. The van der Waals surface area contributed by atoms with Crippen LogP contribution in [-0.2, 0) is 13.6 Å². The maximum absolute atomic E-state index is 4.44. The van der Waals surface area contributed by atoms with Gasteiger partial charge in [0, 0.05) is 26.3 Å². The van der Waals surface area contributed by atoms with Crippen LogP contribution in [0.4, 0.5) is 5.82 Å². The number of rotatable bonds is 5. The molecule has 0 radical (unpaired) electrons. The molecule has 0 atom stereocenters. The molecule has 0 aliphatic carbocycles. The number of nitrogens with zero attached hydrogens (tertiary/aromatic N) is 7. The maximum atomic E-state index is 4.44. The summed E-state index contributed by atoms with van der Waals surface area (Å²) in [4.78, 5) is 8.83. The second-order valence-corrected chi connectivity index (χ2v) is 4.57. The second-order valence-electron chi connectivity index (χ2n) is 4.57. The van der Waals surface area contributed by atoms with Crippen LogP contribution in [0.3, 0.4) is 0 Å². The van der Waals surface area contributed by atoms with Gasteiger partial charge in [-0.05, 0) is 13.3 Å². The fourth-order valence-corrected chi connectivity index (χ4v) is 2.07. The number of anilines is 1. The average molecular weight is 272 g/mol. The molecule has 0 unspecified atom stereocenters. The van der Waals surface area contributed by atoms with E-state index in [1.165, 1.54) is 0 Å². The molecule has 0 amide bonds. The average Bonchev–Trinajstić information content (AvgIpc) is 3.05. The van der Waals surface area contributed by atoms with E-state index in [0.29, 0.717) is 0 Å². The number of hydrogen-bond donors (Lipinski definition) is 1. The molecular weight excluding hydrogens is 256 g/mol. The molecule has 0 bridgehead atoms. The van der Waals surface area contributed by atoms with E-state index in [4.69, 9.17) is 0 Å². The minimum atomic E-state index is 0.736. The van der Waals surface area contributed by atoms with Gasteiger partial charge in [-0.2, -0.15) is 5.10 Å². The predicted octanol–water partition coefficient (Wildman–Crippen LogP) is 0.765. The largest absolute Gasteiger partial charge is 0.369 e. The number of hydrogen-bond acceptors (Lipinski definition) is 6. The molecule has 0 fully saturated rings. The van der Waals surface area contributed by atoms with Crippen LogP contribution < -0.4 is 5.32 Å². The molecule has 20 heavy (non-hydrogen) atoms. The maximum Gasteiger partial charge on any atom is 0.163 e. The van der Waals surface area contributed by atoms with E-state index in [1.807, 2.05) is 24.9 Å².